The lowest BCUT2D eigenvalue weighted by Gasteiger charge is -1.93. The Morgan fingerprint density at radius 2 is 1.18 bits per heavy atom. The topological polar surface area (TPSA) is 0 Å². The average molecular weight is 164 g/mol. The molecule has 0 heterocycles. The molecular formula is C10H16Si. The number of hydrogen-bond acceptors (Lipinski definition) is 0. The molecule has 1 rings (SSSR count). The maximum atomic E-state index is 2.15. The first-order valence-corrected chi connectivity index (χ1v) is 5.83. The molecule has 11 heavy (non-hydrogen) atoms. The molecule has 0 unspecified atom stereocenters. The van der Waals surface area contributed by atoms with E-state index < -0.39 is 0 Å². The zero-order valence-corrected chi connectivity index (χ0v) is 8.81. The van der Waals surface area contributed by atoms with Crippen LogP contribution in [0.3, 0.4) is 0 Å². The van der Waals surface area contributed by atoms with Gasteiger partial charge in [-0.3, -0.25) is 0 Å². The van der Waals surface area contributed by atoms with Gasteiger partial charge in [0.05, 0.1) is 0 Å². The van der Waals surface area contributed by atoms with E-state index in [0.717, 1.165) is 9.52 Å². The molecule has 0 aliphatic rings. The van der Waals surface area contributed by atoms with Crippen molar-refractivity contribution in [3.63, 3.8) is 0 Å². The van der Waals surface area contributed by atoms with E-state index in [2.05, 4.69) is 51.2 Å². The second-order valence-electron chi connectivity index (χ2n) is 2.58. The fraction of sp³-hybridized carbons (Fsp3) is 0.400. The molecule has 1 heteroatoms. The van der Waals surface area contributed by atoms with Crippen LogP contribution < -0.4 is 0 Å². The molecule has 0 saturated carbocycles. The minimum atomic E-state index is 1.08. The molecule has 0 amide bonds. The van der Waals surface area contributed by atoms with Gasteiger partial charge in [0, 0.05) is 9.52 Å². The van der Waals surface area contributed by atoms with Crippen LogP contribution in [0.1, 0.15) is 11.1 Å². The summed E-state index contributed by atoms with van der Waals surface area (Å²) in [7, 11) is 1.08. The van der Waals surface area contributed by atoms with Crippen LogP contribution in [-0.2, 0) is 0 Å². The molecular weight excluding hydrogens is 148 g/mol. The van der Waals surface area contributed by atoms with Crippen LogP contribution in [-0.4, -0.2) is 9.52 Å². The highest BCUT2D eigenvalue weighted by Crippen LogP contribution is 2.02. The van der Waals surface area contributed by atoms with Crippen molar-refractivity contribution in [2.24, 2.45) is 0 Å². The van der Waals surface area contributed by atoms with Crippen LogP contribution in [0.15, 0.2) is 24.3 Å². The van der Waals surface area contributed by atoms with Crippen LogP contribution >= 0.6 is 0 Å². The zero-order valence-electron chi connectivity index (χ0n) is 7.81. The van der Waals surface area contributed by atoms with E-state index >= 15 is 0 Å². The monoisotopic (exact) mass is 164 g/mol. The molecule has 0 saturated heterocycles. The highest BCUT2D eigenvalue weighted by atomic mass is 28.2. The van der Waals surface area contributed by atoms with Crippen molar-refractivity contribution in [2.75, 3.05) is 0 Å². The summed E-state index contributed by atoms with van der Waals surface area (Å²) in [5.41, 5.74) is 2.74. The molecule has 0 bridgehead atoms. The lowest BCUT2D eigenvalue weighted by Crippen LogP contribution is -1.74. The maximum absolute atomic E-state index is 2.15. The summed E-state index contributed by atoms with van der Waals surface area (Å²) >= 11 is 0. The minimum absolute atomic E-state index is 1.08. The SMILES string of the molecule is C[Si]C.Cc1ccccc1C. The van der Waals surface area contributed by atoms with Gasteiger partial charge in [-0.1, -0.05) is 37.4 Å². The van der Waals surface area contributed by atoms with Gasteiger partial charge in [0.15, 0.2) is 0 Å². The molecule has 1 aromatic rings. The molecule has 0 fully saturated rings. The van der Waals surface area contributed by atoms with Crippen molar-refractivity contribution in [2.45, 2.75) is 26.9 Å². The van der Waals surface area contributed by atoms with Crippen molar-refractivity contribution >= 4 is 9.52 Å². The first-order chi connectivity index (χ1) is 5.22. The van der Waals surface area contributed by atoms with E-state index in [1.807, 2.05) is 0 Å². The molecule has 0 N–H and O–H groups in total. The molecule has 0 aliphatic heterocycles. The van der Waals surface area contributed by atoms with Crippen LogP contribution in [0.2, 0.25) is 13.1 Å². The summed E-state index contributed by atoms with van der Waals surface area (Å²) in [5.74, 6) is 0. The molecule has 0 aromatic heterocycles. The van der Waals surface area contributed by atoms with Gasteiger partial charge in [-0.2, -0.15) is 0 Å². The van der Waals surface area contributed by atoms with E-state index in [-0.39, 0.29) is 0 Å². The van der Waals surface area contributed by atoms with Gasteiger partial charge in [0.1, 0.15) is 0 Å². The summed E-state index contributed by atoms with van der Waals surface area (Å²) in [4.78, 5) is 0. The first kappa shape index (κ1) is 10.4. The van der Waals surface area contributed by atoms with Crippen molar-refractivity contribution in [3.8, 4) is 0 Å². The standard InChI is InChI=1S/C8H10.C2H6Si/c1-7-5-3-4-6-8(7)2;1-3-2/h3-6H,1-2H3;1-2H3. The van der Waals surface area contributed by atoms with E-state index in [0.29, 0.717) is 0 Å². The van der Waals surface area contributed by atoms with E-state index in [9.17, 15) is 0 Å². The summed E-state index contributed by atoms with van der Waals surface area (Å²) < 4.78 is 0. The van der Waals surface area contributed by atoms with Gasteiger partial charge in [-0.05, 0) is 25.0 Å². The van der Waals surface area contributed by atoms with Gasteiger partial charge in [-0.25, -0.2) is 0 Å². The quantitative estimate of drug-likeness (QED) is 0.517. The third-order valence-electron chi connectivity index (χ3n) is 1.43. The van der Waals surface area contributed by atoms with Crippen molar-refractivity contribution in [3.05, 3.63) is 35.4 Å². The number of aryl methyl sites for hydroxylation is 2. The Labute approximate surface area is 72.5 Å². The van der Waals surface area contributed by atoms with Gasteiger partial charge >= 0.3 is 0 Å². The van der Waals surface area contributed by atoms with Gasteiger partial charge in [-0.15, -0.1) is 0 Å². The van der Waals surface area contributed by atoms with Crippen LogP contribution in [0.5, 0.6) is 0 Å². The Hall–Kier alpha value is -0.563. The molecule has 0 nitrogen and oxygen atoms in total. The summed E-state index contributed by atoms with van der Waals surface area (Å²) in [6.45, 7) is 8.55. The Balaban J connectivity index is 0.000000292. The Morgan fingerprint density at radius 1 is 0.909 bits per heavy atom. The lowest BCUT2D eigenvalue weighted by molar-refractivity contribution is 1.34. The van der Waals surface area contributed by atoms with Crippen molar-refractivity contribution in [1.29, 1.82) is 0 Å². The molecule has 0 aliphatic carbocycles. The van der Waals surface area contributed by atoms with Crippen LogP contribution in [0, 0.1) is 13.8 Å². The second-order valence-corrected chi connectivity index (χ2v) is 3.58. The lowest BCUT2D eigenvalue weighted by atomic mass is 10.1. The number of benzene rings is 1. The second kappa shape index (κ2) is 6.17. The van der Waals surface area contributed by atoms with Crippen LogP contribution in [0.4, 0.5) is 0 Å². The zero-order chi connectivity index (χ0) is 8.69. The third-order valence-corrected chi connectivity index (χ3v) is 1.43. The molecule has 0 spiro atoms. The normalized spacial score (nSPS) is 8.36. The summed E-state index contributed by atoms with van der Waals surface area (Å²) in [5, 5.41) is 0. The van der Waals surface area contributed by atoms with Gasteiger partial charge in [0.25, 0.3) is 0 Å². The Kier molecular flexibility index (Phi) is 5.85. The smallest absolute Gasteiger partial charge is 0.0307 e. The van der Waals surface area contributed by atoms with Gasteiger partial charge in [0.2, 0.25) is 0 Å². The summed E-state index contributed by atoms with van der Waals surface area (Å²) in [6.07, 6.45) is 0. The highest BCUT2D eigenvalue weighted by molar-refractivity contribution is 6.31. The van der Waals surface area contributed by atoms with E-state index in [1.54, 1.807) is 0 Å². The first-order valence-electron chi connectivity index (χ1n) is 3.83. The minimum Gasteiger partial charge on any atom is -0.0735 e. The van der Waals surface area contributed by atoms with Gasteiger partial charge < -0.3 is 0 Å². The fourth-order valence-electron chi connectivity index (χ4n) is 0.663. The largest absolute Gasteiger partial charge is 0.0735 e. The Morgan fingerprint density at radius 3 is 1.36 bits per heavy atom. The van der Waals surface area contributed by atoms with Crippen molar-refractivity contribution < 1.29 is 0 Å². The highest BCUT2D eigenvalue weighted by Gasteiger charge is 1.83. The van der Waals surface area contributed by atoms with Crippen LogP contribution in [0.25, 0.3) is 0 Å². The average Bonchev–Trinajstić information content (AvgIpc) is 1.97. The van der Waals surface area contributed by atoms with E-state index in [4.69, 9.17) is 0 Å². The predicted octanol–water partition coefficient (Wildman–Crippen LogP) is 3.09. The predicted molar refractivity (Wildman–Crippen MR) is 53.4 cm³/mol. The maximum Gasteiger partial charge on any atom is 0.0307 e. The Bertz CT molecular complexity index is 173. The molecule has 2 radical (unpaired) electrons. The number of rotatable bonds is 0. The molecule has 1 aromatic carbocycles. The van der Waals surface area contributed by atoms with Crippen molar-refractivity contribution in [1.82, 2.24) is 0 Å². The third kappa shape index (κ3) is 4.79. The molecule has 0 atom stereocenters. The number of hydrogen-bond donors (Lipinski definition) is 0. The molecule has 60 valence electrons. The summed E-state index contributed by atoms with van der Waals surface area (Å²) in [6, 6.07) is 8.36. The fourth-order valence-corrected chi connectivity index (χ4v) is 0.663. The van der Waals surface area contributed by atoms with E-state index in [1.165, 1.54) is 11.1 Å².